The molecule has 0 radical (unpaired) electrons. The van der Waals surface area contributed by atoms with Crippen LogP contribution in [0.1, 0.15) is 18.4 Å². The van der Waals surface area contributed by atoms with Gasteiger partial charge in [-0.2, -0.15) is 18.3 Å². The molecule has 6 nitrogen and oxygen atoms in total. The number of carboxylic acids is 1. The number of aromatic nitrogens is 2. The molecule has 1 aliphatic rings. The summed E-state index contributed by atoms with van der Waals surface area (Å²) in [6.45, 7) is 0. The Morgan fingerprint density at radius 2 is 2.00 bits per heavy atom. The van der Waals surface area contributed by atoms with Gasteiger partial charge >= 0.3 is 12.1 Å². The summed E-state index contributed by atoms with van der Waals surface area (Å²) in [6.07, 6.45) is -1.38. The molecule has 0 bridgehead atoms. The van der Waals surface area contributed by atoms with E-state index in [0.29, 0.717) is 0 Å². The van der Waals surface area contributed by atoms with E-state index in [1.54, 1.807) is 0 Å². The molecule has 1 fully saturated rings. The lowest BCUT2D eigenvalue weighted by Gasteiger charge is -2.09. The smallest absolute Gasteiger partial charge is 0.416 e. The first-order chi connectivity index (χ1) is 11.2. The van der Waals surface area contributed by atoms with Crippen molar-refractivity contribution in [1.82, 2.24) is 9.78 Å². The van der Waals surface area contributed by atoms with Crippen molar-refractivity contribution in [3.8, 4) is 5.69 Å². The molecule has 0 spiro atoms. The molecule has 1 amide bonds. The van der Waals surface area contributed by atoms with Crippen molar-refractivity contribution < 1.29 is 27.9 Å². The zero-order valence-electron chi connectivity index (χ0n) is 12.2. The van der Waals surface area contributed by atoms with Crippen LogP contribution in [0.3, 0.4) is 0 Å². The number of hydrogen-bond acceptors (Lipinski definition) is 3. The fourth-order valence-corrected chi connectivity index (χ4v) is 2.27. The monoisotopic (exact) mass is 339 g/mol. The van der Waals surface area contributed by atoms with Crippen LogP contribution in [-0.2, 0) is 15.8 Å². The topological polar surface area (TPSA) is 84.2 Å². The zero-order chi connectivity index (χ0) is 17.5. The Morgan fingerprint density at radius 1 is 1.29 bits per heavy atom. The number of hydrogen-bond donors (Lipinski definition) is 2. The number of aliphatic carboxylic acids is 1. The number of nitrogens with zero attached hydrogens (tertiary/aromatic N) is 2. The van der Waals surface area contributed by atoms with Crippen LogP contribution in [0.4, 0.5) is 18.9 Å². The average molecular weight is 339 g/mol. The number of rotatable bonds is 4. The van der Waals surface area contributed by atoms with E-state index in [1.807, 2.05) is 0 Å². The number of nitrogens with one attached hydrogen (secondary N) is 1. The van der Waals surface area contributed by atoms with Gasteiger partial charge in [0, 0.05) is 0 Å². The molecule has 2 N–H and O–H groups in total. The van der Waals surface area contributed by atoms with Gasteiger partial charge in [-0.15, -0.1) is 0 Å². The molecular weight excluding hydrogens is 327 g/mol. The summed E-state index contributed by atoms with van der Waals surface area (Å²) in [4.78, 5) is 23.1. The number of alkyl halides is 3. The minimum Gasteiger partial charge on any atom is -0.480 e. The summed E-state index contributed by atoms with van der Waals surface area (Å²) in [6, 6.07) is 4.56. The highest BCUT2D eigenvalue weighted by molar-refractivity contribution is 6.10. The Bertz CT molecular complexity index is 810. The number of amides is 1. The number of carboxylic acid groups (broad SMARTS) is 1. The van der Waals surface area contributed by atoms with Gasteiger partial charge < -0.3 is 10.4 Å². The summed E-state index contributed by atoms with van der Waals surface area (Å²) in [5, 5.41) is 15.4. The highest BCUT2D eigenvalue weighted by atomic mass is 19.4. The summed E-state index contributed by atoms with van der Waals surface area (Å²) in [7, 11) is 0. The number of benzene rings is 1. The van der Waals surface area contributed by atoms with Gasteiger partial charge in [-0.25, -0.2) is 4.68 Å². The van der Waals surface area contributed by atoms with Crippen LogP contribution in [0.15, 0.2) is 36.7 Å². The molecule has 9 heteroatoms. The first-order valence-corrected chi connectivity index (χ1v) is 6.99. The van der Waals surface area contributed by atoms with Crippen LogP contribution in [0.2, 0.25) is 0 Å². The number of halogens is 3. The molecule has 1 saturated carbocycles. The maximum atomic E-state index is 12.7. The third kappa shape index (κ3) is 2.84. The van der Waals surface area contributed by atoms with E-state index in [0.717, 1.165) is 12.1 Å². The summed E-state index contributed by atoms with van der Waals surface area (Å²) < 4.78 is 39.4. The lowest BCUT2D eigenvalue weighted by molar-refractivity contribution is -0.147. The van der Waals surface area contributed by atoms with Gasteiger partial charge in [0.25, 0.3) is 0 Å². The van der Waals surface area contributed by atoms with Crippen molar-refractivity contribution in [2.75, 3.05) is 5.32 Å². The van der Waals surface area contributed by atoms with Crippen LogP contribution >= 0.6 is 0 Å². The molecule has 3 rings (SSSR count). The predicted octanol–water partition coefficient (Wildman–Crippen LogP) is 2.69. The van der Waals surface area contributed by atoms with Gasteiger partial charge in [0.1, 0.15) is 5.41 Å². The Labute approximate surface area is 133 Å². The molecule has 126 valence electrons. The molecule has 1 aromatic heterocycles. The quantitative estimate of drug-likeness (QED) is 0.839. The van der Waals surface area contributed by atoms with Gasteiger partial charge in [0.15, 0.2) is 0 Å². The Kier molecular flexibility index (Phi) is 3.58. The molecule has 0 atom stereocenters. The van der Waals surface area contributed by atoms with Crippen LogP contribution < -0.4 is 5.32 Å². The van der Waals surface area contributed by atoms with E-state index >= 15 is 0 Å². The Hall–Kier alpha value is -2.84. The first kappa shape index (κ1) is 16.0. The normalized spacial score (nSPS) is 15.8. The molecule has 2 aromatic rings. The minimum absolute atomic E-state index is 0.171. The average Bonchev–Trinajstić information content (AvgIpc) is 3.22. The number of carbonyl (C=O) groups excluding carboxylic acids is 1. The van der Waals surface area contributed by atoms with Crippen molar-refractivity contribution in [2.24, 2.45) is 5.41 Å². The van der Waals surface area contributed by atoms with Gasteiger partial charge in [-0.1, -0.05) is 6.07 Å². The lowest BCUT2D eigenvalue weighted by Crippen LogP contribution is -2.31. The second kappa shape index (κ2) is 5.36. The third-order valence-electron chi connectivity index (χ3n) is 3.87. The fraction of sp³-hybridized carbons (Fsp3) is 0.267. The van der Waals surface area contributed by atoms with Crippen LogP contribution in [0, 0.1) is 5.41 Å². The van der Waals surface area contributed by atoms with Gasteiger partial charge in [-0.3, -0.25) is 9.59 Å². The highest BCUT2D eigenvalue weighted by Gasteiger charge is 2.57. The number of carbonyl (C=O) groups is 2. The molecule has 0 unspecified atom stereocenters. The van der Waals surface area contributed by atoms with Crippen molar-refractivity contribution in [2.45, 2.75) is 19.0 Å². The fourth-order valence-electron chi connectivity index (χ4n) is 2.27. The maximum absolute atomic E-state index is 12.7. The lowest BCUT2D eigenvalue weighted by atomic mass is 10.1. The van der Waals surface area contributed by atoms with E-state index in [1.165, 1.54) is 29.2 Å². The van der Waals surface area contributed by atoms with Gasteiger partial charge in [0.2, 0.25) is 5.91 Å². The second-order valence-electron chi connectivity index (χ2n) is 5.56. The van der Waals surface area contributed by atoms with Crippen molar-refractivity contribution >= 4 is 17.6 Å². The van der Waals surface area contributed by atoms with E-state index < -0.39 is 29.0 Å². The molecule has 0 saturated heterocycles. The SMILES string of the molecule is O=C(O)C1(C(=O)Nc2cnn(-c3cccc(C(F)(F)F)c3)c2)CC1. The Balaban J connectivity index is 1.79. The summed E-state index contributed by atoms with van der Waals surface area (Å²) in [5.41, 5.74) is -1.84. The van der Waals surface area contributed by atoms with E-state index in [9.17, 15) is 22.8 Å². The standard InChI is InChI=1S/C15H12F3N3O3/c16-15(17,18)9-2-1-3-11(6-9)21-8-10(7-19-21)20-12(22)14(4-5-14)13(23)24/h1-3,6-8H,4-5H2,(H,20,22)(H,23,24). The van der Waals surface area contributed by atoms with Gasteiger partial charge in [-0.05, 0) is 31.0 Å². The van der Waals surface area contributed by atoms with Crippen LogP contribution in [0.25, 0.3) is 5.69 Å². The molecule has 24 heavy (non-hydrogen) atoms. The van der Waals surface area contributed by atoms with E-state index in [2.05, 4.69) is 10.4 Å². The summed E-state index contributed by atoms with van der Waals surface area (Å²) >= 11 is 0. The molecular formula is C15H12F3N3O3. The van der Waals surface area contributed by atoms with Crippen LogP contribution in [-0.4, -0.2) is 26.8 Å². The van der Waals surface area contributed by atoms with Gasteiger partial charge in [0.05, 0.1) is 29.3 Å². The first-order valence-electron chi connectivity index (χ1n) is 6.99. The number of anilines is 1. The largest absolute Gasteiger partial charge is 0.480 e. The predicted molar refractivity (Wildman–Crippen MR) is 76.5 cm³/mol. The van der Waals surface area contributed by atoms with Crippen molar-refractivity contribution in [3.63, 3.8) is 0 Å². The Morgan fingerprint density at radius 3 is 2.58 bits per heavy atom. The minimum atomic E-state index is -4.47. The summed E-state index contributed by atoms with van der Waals surface area (Å²) in [5.74, 6) is -1.84. The third-order valence-corrected chi connectivity index (χ3v) is 3.87. The molecule has 0 aliphatic heterocycles. The van der Waals surface area contributed by atoms with Crippen molar-refractivity contribution in [1.29, 1.82) is 0 Å². The van der Waals surface area contributed by atoms with E-state index in [-0.39, 0.29) is 24.2 Å². The molecule has 1 aromatic carbocycles. The van der Waals surface area contributed by atoms with Crippen molar-refractivity contribution in [3.05, 3.63) is 42.2 Å². The highest BCUT2D eigenvalue weighted by Crippen LogP contribution is 2.46. The van der Waals surface area contributed by atoms with E-state index in [4.69, 9.17) is 5.11 Å². The molecule has 1 heterocycles. The van der Waals surface area contributed by atoms with Crippen LogP contribution in [0.5, 0.6) is 0 Å². The second-order valence-corrected chi connectivity index (χ2v) is 5.56. The molecule has 1 aliphatic carbocycles. The maximum Gasteiger partial charge on any atom is 0.416 e. The zero-order valence-corrected chi connectivity index (χ0v) is 12.2.